The minimum Gasteiger partial charge on any atom is -0.382 e. The molecule has 16 heavy (non-hydrogen) atoms. The molecule has 1 saturated heterocycles. The van der Waals surface area contributed by atoms with Gasteiger partial charge in [0.15, 0.2) is 11.5 Å². The third-order valence-corrected chi connectivity index (χ3v) is 3.01. The van der Waals surface area contributed by atoms with Crippen molar-refractivity contribution >= 4 is 17.0 Å². The van der Waals surface area contributed by atoms with Gasteiger partial charge in [0.1, 0.15) is 11.8 Å². The van der Waals surface area contributed by atoms with Gasteiger partial charge in [-0.2, -0.15) is 0 Å². The second-order valence-electron chi connectivity index (χ2n) is 4.12. The molecule has 1 fully saturated rings. The Hall–Kier alpha value is -1.69. The highest BCUT2D eigenvalue weighted by Crippen LogP contribution is 2.16. The molecular weight excluding hydrogens is 204 g/mol. The molecule has 0 aliphatic carbocycles. The zero-order valence-corrected chi connectivity index (χ0v) is 8.93. The zero-order chi connectivity index (χ0) is 11.0. The van der Waals surface area contributed by atoms with Gasteiger partial charge in [-0.25, -0.2) is 15.0 Å². The van der Waals surface area contributed by atoms with Crippen molar-refractivity contribution in [3.8, 4) is 0 Å². The molecule has 0 radical (unpaired) electrons. The number of rotatable bonds is 2. The molecule has 6 nitrogen and oxygen atoms in total. The zero-order valence-electron chi connectivity index (χ0n) is 8.93. The van der Waals surface area contributed by atoms with E-state index in [1.807, 2.05) is 4.57 Å². The van der Waals surface area contributed by atoms with Crippen LogP contribution in [0.3, 0.4) is 0 Å². The standard InChI is InChI=1S/C10H14N6/c11-9-8-10(14-5-13-9)16(6-15-8)4-7-2-1-3-12-7/h5-7,12H,1-4H2,(H2,11,13,14)/t7-/m0/s1. The smallest absolute Gasteiger partial charge is 0.165 e. The normalized spacial score (nSPS) is 20.6. The van der Waals surface area contributed by atoms with E-state index in [4.69, 9.17) is 5.73 Å². The summed E-state index contributed by atoms with van der Waals surface area (Å²) in [5.74, 6) is 0.447. The second-order valence-corrected chi connectivity index (χ2v) is 4.12. The minimum absolute atomic E-state index is 0.447. The maximum absolute atomic E-state index is 5.74. The second kappa shape index (κ2) is 3.71. The quantitative estimate of drug-likeness (QED) is 0.750. The van der Waals surface area contributed by atoms with E-state index in [1.54, 1.807) is 6.33 Å². The Kier molecular flexibility index (Phi) is 2.21. The lowest BCUT2D eigenvalue weighted by Gasteiger charge is -2.10. The molecule has 6 heteroatoms. The van der Waals surface area contributed by atoms with E-state index < -0.39 is 0 Å². The van der Waals surface area contributed by atoms with Crippen molar-refractivity contribution in [3.05, 3.63) is 12.7 Å². The highest BCUT2D eigenvalue weighted by Gasteiger charge is 2.16. The Morgan fingerprint density at radius 2 is 2.38 bits per heavy atom. The molecule has 1 atom stereocenters. The first-order valence-corrected chi connectivity index (χ1v) is 5.49. The molecule has 0 amide bonds. The lowest BCUT2D eigenvalue weighted by Crippen LogP contribution is -2.26. The van der Waals surface area contributed by atoms with Gasteiger partial charge >= 0.3 is 0 Å². The molecule has 0 aromatic carbocycles. The molecule has 2 aromatic heterocycles. The van der Waals surface area contributed by atoms with Crippen molar-refractivity contribution < 1.29 is 0 Å². The molecule has 0 unspecified atom stereocenters. The van der Waals surface area contributed by atoms with Gasteiger partial charge in [-0.05, 0) is 19.4 Å². The molecule has 84 valence electrons. The number of nitrogen functional groups attached to an aromatic ring is 1. The predicted molar refractivity (Wildman–Crippen MR) is 60.8 cm³/mol. The number of hydrogen-bond acceptors (Lipinski definition) is 5. The van der Waals surface area contributed by atoms with E-state index in [2.05, 4.69) is 20.3 Å². The largest absolute Gasteiger partial charge is 0.382 e. The summed E-state index contributed by atoms with van der Waals surface area (Å²) >= 11 is 0. The van der Waals surface area contributed by atoms with Crippen molar-refractivity contribution in [2.45, 2.75) is 25.4 Å². The van der Waals surface area contributed by atoms with Crippen LogP contribution in [0.5, 0.6) is 0 Å². The molecule has 2 aromatic rings. The first-order valence-electron chi connectivity index (χ1n) is 5.49. The third-order valence-electron chi connectivity index (χ3n) is 3.01. The van der Waals surface area contributed by atoms with Crippen molar-refractivity contribution in [1.82, 2.24) is 24.8 Å². The van der Waals surface area contributed by atoms with Crippen LogP contribution >= 0.6 is 0 Å². The van der Waals surface area contributed by atoms with E-state index in [1.165, 1.54) is 19.2 Å². The molecule has 0 saturated carbocycles. The van der Waals surface area contributed by atoms with Crippen molar-refractivity contribution in [3.63, 3.8) is 0 Å². The van der Waals surface area contributed by atoms with Crippen LogP contribution < -0.4 is 11.1 Å². The van der Waals surface area contributed by atoms with Gasteiger partial charge in [0, 0.05) is 12.6 Å². The first kappa shape index (κ1) is 9.53. The van der Waals surface area contributed by atoms with Crippen LogP contribution in [0.2, 0.25) is 0 Å². The number of nitrogens with one attached hydrogen (secondary N) is 1. The van der Waals surface area contributed by atoms with E-state index in [0.29, 0.717) is 17.4 Å². The molecular formula is C10H14N6. The van der Waals surface area contributed by atoms with E-state index in [-0.39, 0.29) is 0 Å². The highest BCUT2D eigenvalue weighted by atomic mass is 15.1. The summed E-state index contributed by atoms with van der Waals surface area (Å²) in [4.78, 5) is 12.4. The fraction of sp³-hybridized carbons (Fsp3) is 0.500. The van der Waals surface area contributed by atoms with Crippen LogP contribution in [0.4, 0.5) is 5.82 Å². The number of hydrogen-bond donors (Lipinski definition) is 2. The number of imidazole rings is 1. The molecule has 1 aliphatic heterocycles. The van der Waals surface area contributed by atoms with Crippen LogP contribution in [0.25, 0.3) is 11.2 Å². The van der Waals surface area contributed by atoms with Crippen LogP contribution in [-0.2, 0) is 6.54 Å². The van der Waals surface area contributed by atoms with Crippen LogP contribution in [-0.4, -0.2) is 32.1 Å². The Labute approximate surface area is 92.9 Å². The van der Waals surface area contributed by atoms with Gasteiger partial charge in [0.2, 0.25) is 0 Å². The van der Waals surface area contributed by atoms with Crippen LogP contribution in [0.1, 0.15) is 12.8 Å². The lowest BCUT2D eigenvalue weighted by atomic mass is 10.2. The minimum atomic E-state index is 0.447. The lowest BCUT2D eigenvalue weighted by molar-refractivity contribution is 0.515. The maximum Gasteiger partial charge on any atom is 0.165 e. The SMILES string of the molecule is Nc1ncnc2c1ncn2C[C@@H]1CCCN1. The molecule has 1 aliphatic rings. The van der Waals surface area contributed by atoms with Gasteiger partial charge < -0.3 is 15.6 Å². The average molecular weight is 218 g/mol. The van der Waals surface area contributed by atoms with Crippen LogP contribution in [0, 0.1) is 0 Å². The van der Waals surface area contributed by atoms with Gasteiger partial charge in [-0.3, -0.25) is 0 Å². The molecule has 3 rings (SSSR count). The number of aromatic nitrogens is 4. The van der Waals surface area contributed by atoms with Crippen molar-refractivity contribution in [1.29, 1.82) is 0 Å². The Morgan fingerprint density at radius 1 is 1.44 bits per heavy atom. The number of nitrogens with zero attached hydrogens (tertiary/aromatic N) is 4. The van der Waals surface area contributed by atoms with Crippen LogP contribution in [0.15, 0.2) is 12.7 Å². The van der Waals surface area contributed by atoms with Gasteiger partial charge in [0.25, 0.3) is 0 Å². The average Bonchev–Trinajstić information content (AvgIpc) is 2.90. The molecule has 3 heterocycles. The van der Waals surface area contributed by atoms with Gasteiger partial charge in [-0.1, -0.05) is 0 Å². The van der Waals surface area contributed by atoms with Crippen molar-refractivity contribution in [2.24, 2.45) is 0 Å². The monoisotopic (exact) mass is 218 g/mol. The topological polar surface area (TPSA) is 81.7 Å². The fourth-order valence-corrected chi connectivity index (χ4v) is 2.18. The summed E-state index contributed by atoms with van der Waals surface area (Å²) in [6, 6.07) is 0.522. The van der Waals surface area contributed by atoms with Crippen molar-refractivity contribution in [2.75, 3.05) is 12.3 Å². The summed E-state index contributed by atoms with van der Waals surface area (Å²) in [6.45, 7) is 2.00. The van der Waals surface area contributed by atoms with E-state index in [0.717, 1.165) is 18.7 Å². The highest BCUT2D eigenvalue weighted by molar-refractivity contribution is 5.81. The summed E-state index contributed by atoms with van der Waals surface area (Å²) in [6.07, 6.45) is 5.72. The summed E-state index contributed by atoms with van der Waals surface area (Å²) in [5.41, 5.74) is 7.25. The number of nitrogens with two attached hydrogens (primary N) is 1. The fourth-order valence-electron chi connectivity index (χ4n) is 2.18. The maximum atomic E-state index is 5.74. The first-order chi connectivity index (χ1) is 7.84. The third kappa shape index (κ3) is 1.51. The Bertz CT molecular complexity index is 499. The Morgan fingerprint density at radius 3 is 3.19 bits per heavy atom. The molecule has 3 N–H and O–H groups in total. The summed E-state index contributed by atoms with van der Waals surface area (Å²) < 4.78 is 2.04. The number of anilines is 1. The van der Waals surface area contributed by atoms with E-state index >= 15 is 0 Å². The Balaban J connectivity index is 1.94. The predicted octanol–water partition coefficient (Wildman–Crippen LogP) is 0.160. The summed E-state index contributed by atoms with van der Waals surface area (Å²) in [7, 11) is 0. The number of fused-ring (bicyclic) bond motifs is 1. The molecule has 0 spiro atoms. The van der Waals surface area contributed by atoms with E-state index in [9.17, 15) is 0 Å². The molecule has 0 bridgehead atoms. The van der Waals surface area contributed by atoms with Gasteiger partial charge in [-0.15, -0.1) is 0 Å². The summed E-state index contributed by atoms with van der Waals surface area (Å²) in [5, 5.41) is 3.45. The van der Waals surface area contributed by atoms with Gasteiger partial charge in [0.05, 0.1) is 6.33 Å².